The molecule has 1 N–H and O–H groups in total. The Bertz CT molecular complexity index is 324. The van der Waals surface area contributed by atoms with Crippen LogP contribution in [0.3, 0.4) is 0 Å². The Morgan fingerprint density at radius 1 is 1.53 bits per heavy atom. The fraction of sp³-hybridized carbons (Fsp3) is 0.909. The van der Waals surface area contributed by atoms with Gasteiger partial charge in [0.1, 0.15) is 5.25 Å². The third-order valence-corrected chi connectivity index (χ3v) is 5.50. The van der Waals surface area contributed by atoms with Gasteiger partial charge in [-0.05, 0) is 19.8 Å². The summed E-state index contributed by atoms with van der Waals surface area (Å²) in [6, 6.07) is 0. The van der Waals surface area contributed by atoms with Crippen LogP contribution >= 0.6 is 0 Å². The van der Waals surface area contributed by atoms with Crippen molar-refractivity contribution >= 4 is 16.8 Å². The van der Waals surface area contributed by atoms with E-state index in [2.05, 4.69) is 0 Å². The van der Waals surface area contributed by atoms with Gasteiger partial charge in [0.25, 0.3) is 0 Å². The van der Waals surface area contributed by atoms with Gasteiger partial charge in [0.05, 0.1) is 12.2 Å². The minimum Gasteiger partial charge on any atom is -0.480 e. The molecule has 17 heavy (non-hydrogen) atoms. The summed E-state index contributed by atoms with van der Waals surface area (Å²) in [5, 5.41) is 8.00. The molecule has 0 bridgehead atoms. The molecule has 2 aliphatic heterocycles. The van der Waals surface area contributed by atoms with E-state index in [9.17, 15) is 9.00 Å². The van der Waals surface area contributed by atoms with Crippen molar-refractivity contribution in [1.29, 1.82) is 0 Å². The first-order chi connectivity index (χ1) is 8.04. The molecule has 5 nitrogen and oxygen atoms in total. The maximum atomic E-state index is 12.1. The normalized spacial score (nSPS) is 36.9. The highest BCUT2D eigenvalue weighted by Gasteiger charge is 2.43. The number of rotatable bonds is 3. The van der Waals surface area contributed by atoms with E-state index in [1.807, 2.05) is 0 Å². The number of carboxylic acid groups (broad SMARTS) is 1. The number of ether oxygens (including phenoxy) is 2. The first-order valence-electron chi connectivity index (χ1n) is 5.88. The van der Waals surface area contributed by atoms with E-state index in [4.69, 9.17) is 14.6 Å². The van der Waals surface area contributed by atoms with Crippen molar-refractivity contribution < 1.29 is 23.6 Å². The zero-order valence-electron chi connectivity index (χ0n) is 9.89. The Kier molecular flexibility index (Phi) is 3.85. The van der Waals surface area contributed by atoms with Crippen molar-refractivity contribution in [3.05, 3.63) is 0 Å². The maximum absolute atomic E-state index is 12.1. The van der Waals surface area contributed by atoms with Gasteiger partial charge >= 0.3 is 5.97 Å². The SMILES string of the molecule is CC(C(=O)O)S(=O)C1CCOC2(CCOC2)C1. The van der Waals surface area contributed by atoms with Crippen molar-refractivity contribution in [3.63, 3.8) is 0 Å². The molecule has 2 rings (SSSR count). The van der Waals surface area contributed by atoms with Crippen LogP contribution in [0.2, 0.25) is 0 Å². The smallest absolute Gasteiger partial charge is 0.318 e. The lowest BCUT2D eigenvalue weighted by Crippen LogP contribution is -2.45. The Morgan fingerprint density at radius 3 is 2.88 bits per heavy atom. The molecule has 0 radical (unpaired) electrons. The number of aliphatic carboxylic acids is 1. The van der Waals surface area contributed by atoms with E-state index in [1.165, 1.54) is 6.92 Å². The summed E-state index contributed by atoms with van der Waals surface area (Å²) < 4.78 is 23.2. The Labute approximate surface area is 103 Å². The minimum atomic E-state index is -1.34. The molecule has 0 aliphatic carbocycles. The summed E-state index contributed by atoms with van der Waals surface area (Å²) in [7, 11) is -1.34. The quantitative estimate of drug-likeness (QED) is 0.804. The van der Waals surface area contributed by atoms with Gasteiger partial charge in [-0.3, -0.25) is 9.00 Å². The summed E-state index contributed by atoms with van der Waals surface area (Å²) in [5.41, 5.74) is -0.309. The Balaban J connectivity index is 2.02. The fourth-order valence-electron chi connectivity index (χ4n) is 2.43. The largest absolute Gasteiger partial charge is 0.480 e. The number of carboxylic acids is 1. The molecule has 6 heteroatoms. The highest BCUT2D eigenvalue weighted by molar-refractivity contribution is 7.87. The van der Waals surface area contributed by atoms with E-state index in [0.29, 0.717) is 32.7 Å². The molecule has 2 heterocycles. The van der Waals surface area contributed by atoms with Crippen molar-refractivity contribution in [1.82, 2.24) is 0 Å². The number of hydrogen-bond donors (Lipinski definition) is 1. The van der Waals surface area contributed by atoms with E-state index < -0.39 is 22.0 Å². The predicted molar refractivity (Wildman–Crippen MR) is 62.4 cm³/mol. The molecule has 4 unspecified atom stereocenters. The highest BCUT2D eigenvalue weighted by atomic mass is 32.2. The highest BCUT2D eigenvalue weighted by Crippen LogP contribution is 2.35. The van der Waals surface area contributed by atoms with Crippen molar-refractivity contribution in [2.75, 3.05) is 19.8 Å². The van der Waals surface area contributed by atoms with Crippen LogP contribution < -0.4 is 0 Å². The second-order valence-corrected chi connectivity index (χ2v) is 6.79. The van der Waals surface area contributed by atoms with E-state index in [0.717, 1.165) is 6.42 Å². The number of hydrogen-bond acceptors (Lipinski definition) is 4. The monoisotopic (exact) mass is 262 g/mol. The molecular weight excluding hydrogens is 244 g/mol. The third kappa shape index (κ3) is 2.69. The zero-order valence-corrected chi connectivity index (χ0v) is 10.7. The molecule has 0 aromatic carbocycles. The van der Waals surface area contributed by atoms with Crippen LogP contribution in [0.25, 0.3) is 0 Å². The molecule has 98 valence electrons. The first kappa shape index (κ1) is 13.0. The van der Waals surface area contributed by atoms with Crippen LogP contribution in [0.4, 0.5) is 0 Å². The van der Waals surface area contributed by atoms with E-state index in [1.54, 1.807) is 0 Å². The lowest BCUT2D eigenvalue weighted by molar-refractivity contribution is -0.136. The second kappa shape index (κ2) is 5.04. The minimum absolute atomic E-state index is 0.0865. The average molecular weight is 262 g/mol. The van der Waals surface area contributed by atoms with Crippen LogP contribution in [0.15, 0.2) is 0 Å². The molecule has 0 saturated carbocycles. The summed E-state index contributed by atoms with van der Waals surface area (Å²) >= 11 is 0. The molecule has 2 saturated heterocycles. The van der Waals surface area contributed by atoms with Crippen LogP contribution in [0, 0.1) is 0 Å². The van der Waals surface area contributed by atoms with Crippen LogP contribution in [-0.2, 0) is 25.1 Å². The van der Waals surface area contributed by atoms with Crippen molar-refractivity contribution in [3.8, 4) is 0 Å². The van der Waals surface area contributed by atoms with Crippen molar-refractivity contribution in [2.45, 2.75) is 42.3 Å². The van der Waals surface area contributed by atoms with Crippen LogP contribution in [0.5, 0.6) is 0 Å². The molecule has 2 aliphatic rings. The lowest BCUT2D eigenvalue weighted by Gasteiger charge is -2.37. The van der Waals surface area contributed by atoms with Gasteiger partial charge in [-0.1, -0.05) is 0 Å². The van der Waals surface area contributed by atoms with Crippen LogP contribution in [0.1, 0.15) is 26.2 Å². The summed E-state index contributed by atoms with van der Waals surface area (Å²) in [6.07, 6.45) is 2.14. The molecule has 0 amide bonds. The molecule has 0 aromatic heterocycles. The van der Waals surface area contributed by atoms with E-state index in [-0.39, 0.29) is 10.9 Å². The average Bonchev–Trinajstić information content (AvgIpc) is 2.75. The third-order valence-electron chi connectivity index (χ3n) is 3.54. The van der Waals surface area contributed by atoms with Gasteiger partial charge < -0.3 is 14.6 Å². The van der Waals surface area contributed by atoms with Gasteiger partial charge in [0, 0.05) is 35.7 Å². The van der Waals surface area contributed by atoms with Crippen molar-refractivity contribution in [2.24, 2.45) is 0 Å². The van der Waals surface area contributed by atoms with Crippen LogP contribution in [-0.4, -0.2) is 51.2 Å². The summed E-state index contributed by atoms with van der Waals surface area (Å²) in [5.74, 6) is -0.994. The van der Waals surface area contributed by atoms with Gasteiger partial charge in [-0.25, -0.2) is 0 Å². The standard InChI is InChI=1S/C11H18O5S/c1-8(10(12)13)17(14)9-2-4-16-11(6-9)3-5-15-7-11/h8-9H,2-7H2,1H3,(H,12,13). The predicted octanol–water partition coefficient (Wildman–Crippen LogP) is 0.546. The van der Waals surface area contributed by atoms with Gasteiger partial charge in [0.2, 0.25) is 0 Å². The van der Waals surface area contributed by atoms with Gasteiger partial charge in [-0.15, -0.1) is 0 Å². The topological polar surface area (TPSA) is 72.8 Å². The Morgan fingerprint density at radius 2 is 2.29 bits per heavy atom. The van der Waals surface area contributed by atoms with E-state index >= 15 is 0 Å². The number of carbonyl (C=O) groups is 1. The van der Waals surface area contributed by atoms with Gasteiger partial charge in [0.15, 0.2) is 0 Å². The zero-order chi connectivity index (χ0) is 12.5. The second-order valence-electron chi connectivity index (χ2n) is 4.76. The van der Waals surface area contributed by atoms with Gasteiger partial charge in [-0.2, -0.15) is 0 Å². The summed E-state index contributed by atoms with van der Waals surface area (Å²) in [4.78, 5) is 10.8. The molecule has 1 spiro atoms. The maximum Gasteiger partial charge on any atom is 0.318 e. The fourth-order valence-corrected chi connectivity index (χ4v) is 4.01. The first-order valence-corrected chi connectivity index (χ1v) is 7.16. The summed E-state index contributed by atoms with van der Waals surface area (Å²) in [6.45, 7) is 3.27. The molecule has 4 atom stereocenters. The molecule has 2 fully saturated rings. The molecule has 0 aromatic rings. The molecular formula is C11H18O5S. The lowest BCUT2D eigenvalue weighted by atomic mass is 9.93. The Hall–Kier alpha value is -0.460.